The molecule has 1 unspecified atom stereocenters. The summed E-state index contributed by atoms with van der Waals surface area (Å²) in [5.41, 5.74) is 0.0668. The van der Waals surface area contributed by atoms with Crippen molar-refractivity contribution in [3.05, 3.63) is 17.4 Å². The Morgan fingerprint density at radius 1 is 1.36 bits per heavy atom. The van der Waals surface area contributed by atoms with Gasteiger partial charge in [-0.1, -0.05) is 24.9 Å². The minimum atomic E-state index is 0.0668. The van der Waals surface area contributed by atoms with E-state index in [0.717, 1.165) is 58.3 Å². The molecule has 1 aromatic rings. The zero-order valence-corrected chi connectivity index (χ0v) is 15.7. The summed E-state index contributed by atoms with van der Waals surface area (Å²) >= 11 is 5.87. The van der Waals surface area contributed by atoms with Gasteiger partial charge >= 0.3 is 0 Å². The standard InChI is InChI=1S/C18H27ClN4O2/c1-2-3-8-21-13-18(7-5-16(21)24)6-4-9-22(14-18)17(25)12-23-11-15(19)10-20-23/h10-11H,2-9,12-14H2,1H3. The van der Waals surface area contributed by atoms with E-state index in [1.54, 1.807) is 17.1 Å². The lowest BCUT2D eigenvalue weighted by atomic mass is 9.73. The summed E-state index contributed by atoms with van der Waals surface area (Å²) in [5.74, 6) is 0.351. The van der Waals surface area contributed by atoms with E-state index in [4.69, 9.17) is 11.6 Å². The molecule has 0 aliphatic carbocycles. The molecule has 1 atom stereocenters. The van der Waals surface area contributed by atoms with Crippen molar-refractivity contribution in [2.75, 3.05) is 26.2 Å². The number of carbonyl (C=O) groups excluding carboxylic acids is 2. The molecule has 1 aromatic heterocycles. The fourth-order valence-corrected chi connectivity index (χ4v) is 4.23. The smallest absolute Gasteiger partial charge is 0.244 e. The van der Waals surface area contributed by atoms with Crippen molar-refractivity contribution in [2.45, 2.75) is 52.0 Å². The molecule has 138 valence electrons. The van der Waals surface area contributed by atoms with Crippen LogP contribution in [0.25, 0.3) is 0 Å². The summed E-state index contributed by atoms with van der Waals surface area (Å²) in [6.07, 6.45) is 8.96. The van der Waals surface area contributed by atoms with Crippen molar-refractivity contribution in [1.82, 2.24) is 19.6 Å². The first-order valence-electron chi connectivity index (χ1n) is 9.25. The van der Waals surface area contributed by atoms with Gasteiger partial charge in [0.05, 0.1) is 11.2 Å². The number of hydrogen-bond acceptors (Lipinski definition) is 3. The summed E-state index contributed by atoms with van der Waals surface area (Å²) in [5, 5.41) is 4.64. The number of hydrogen-bond donors (Lipinski definition) is 0. The van der Waals surface area contributed by atoms with Crippen LogP contribution in [0.3, 0.4) is 0 Å². The zero-order chi connectivity index (χ0) is 17.9. The summed E-state index contributed by atoms with van der Waals surface area (Å²) in [6.45, 7) is 5.54. The average molecular weight is 367 g/mol. The number of halogens is 1. The van der Waals surface area contributed by atoms with Crippen molar-refractivity contribution in [3.8, 4) is 0 Å². The van der Waals surface area contributed by atoms with E-state index in [0.29, 0.717) is 11.4 Å². The van der Waals surface area contributed by atoms with E-state index in [1.807, 2.05) is 9.80 Å². The minimum absolute atomic E-state index is 0.0668. The molecule has 2 aliphatic rings. The van der Waals surface area contributed by atoms with Crippen molar-refractivity contribution in [2.24, 2.45) is 5.41 Å². The second-order valence-electron chi connectivity index (χ2n) is 7.44. The van der Waals surface area contributed by atoms with Crippen molar-refractivity contribution in [3.63, 3.8) is 0 Å². The summed E-state index contributed by atoms with van der Waals surface area (Å²) in [6, 6.07) is 0. The Bertz CT molecular complexity index is 632. The molecular weight excluding hydrogens is 340 g/mol. The quantitative estimate of drug-likeness (QED) is 0.804. The van der Waals surface area contributed by atoms with Crippen molar-refractivity contribution >= 4 is 23.4 Å². The lowest BCUT2D eigenvalue weighted by Crippen LogP contribution is -2.55. The third kappa shape index (κ3) is 4.35. The molecule has 0 bridgehead atoms. The molecule has 25 heavy (non-hydrogen) atoms. The molecule has 2 aliphatic heterocycles. The van der Waals surface area contributed by atoms with Crippen LogP contribution in [-0.4, -0.2) is 57.6 Å². The van der Waals surface area contributed by atoms with Crippen LogP contribution in [0.15, 0.2) is 12.4 Å². The number of likely N-dealkylation sites (tertiary alicyclic amines) is 2. The lowest BCUT2D eigenvalue weighted by molar-refractivity contribution is -0.143. The topological polar surface area (TPSA) is 58.4 Å². The molecule has 1 spiro atoms. The van der Waals surface area contributed by atoms with Gasteiger partial charge < -0.3 is 9.80 Å². The molecule has 2 saturated heterocycles. The van der Waals surface area contributed by atoms with Crippen LogP contribution < -0.4 is 0 Å². The van der Waals surface area contributed by atoms with E-state index >= 15 is 0 Å². The number of aromatic nitrogens is 2. The largest absolute Gasteiger partial charge is 0.342 e. The molecule has 0 saturated carbocycles. The van der Waals surface area contributed by atoms with Crippen molar-refractivity contribution in [1.29, 1.82) is 0 Å². The van der Waals surface area contributed by atoms with Gasteiger partial charge in [-0.05, 0) is 25.7 Å². The van der Waals surface area contributed by atoms with E-state index in [-0.39, 0.29) is 23.8 Å². The molecule has 3 rings (SSSR count). The Balaban J connectivity index is 1.63. The zero-order valence-electron chi connectivity index (χ0n) is 14.9. The highest BCUT2D eigenvalue weighted by molar-refractivity contribution is 6.30. The monoisotopic (exact) mass is 366 g/mol. The fraction of sp³-hybridized carbons (Fsp3) is 0.722. The van der Waals surface area contributed by atoms with Crippen LogP contribution >= 0.6 is 11.6 Å². The molecule has 0 N–H and O–H groups in total. The molecular formula is C18H27ClN4O2. The lowest BCUT2D eigenvalue weighted by Gasteiger charge is -2.48. The normalized spacial score (nSPS) is 24.2. The molecule has 2 amide bonds. The number of nitrogens with zero attached hydrogens (tertiary/aromatic N) is 4. The third-order valence-corrected chi connectivity index (χ3v) is 5.64. The summed E-state index contributed by atoms with van der Waals surface area (Å²) in [4.78, 5) is 28.8. The van der Waals surface area contributed by atoms with E-state index in [9.17, 15) is 9.59 Å². The Morgan fingerprint density at radius 2 is 2.20 bits per heavy atom. The van der Waals surface area contributed by atoms with Gasteiger partial charge in [-0.15, -0.1) is 0 Å². The highest BCUT2D eigenvalue weighted by atomic mass is 35.5. The van der Waals surface area contributed by atoms with Crippen LogP contribution in [0.1, 0.15) is 45.4 Å². The van der Waals surface area contributed by atoms with Crippen molar-refractivity contribution < 1.29 is 9.59 Å². The van der Waals surface area contributed by atoms with Crippen LogP contribution in [-0.2, 0) is 16.1 Å². The number of carbonyl (C=O) groups is 2. The van der Waals surface area contributed by atoms with Gasteiger partial charge in [0.25, 0.3) is 0 Å². The second kappa shape index (κ2) is 7.77. The summed E-state index contributed by atoms with van der Waals surface area (Å²) in [7, 11) is 0. The Hall–Kier alpha value is -1.56. The van der Waals surface area contributed by atoms with Gasteiger partial charge in [0.1, 0.15) is 6.54 Å². The van der Waals surface area contributed by atoms with E-state index < -0.39 is 0 Å². The van der Waals surface area contributed by atoms with E-state index in [1.165, 1.54) is 0 Å². The number of amides is 2. The first kappa shape index (κ1) is 18.2. The Kier molecular flexibility index (Phi) is 5.67. The first-order valence-corrected chi connectivity index (χ1v) is 9.63. The molecule has 6 nitrogen and oxygen atoms in total. The first-order chi connectivity index (χ1) is 12.0. The van der Waals surface area contributed by atoms with Crippen LogP contribution in [0.4, 0.5) is 0 Å². The highest BCUT2D eigenvalue weighted by Crippen LogP contribution is 2.39. The van der Waals surface area contributed by atoms with Gasteiger partial charge in [-0.25, -0.2) is 0 Å². The SMILES string of the molecule is CCCCN1CC2(CCCN(C(=O)Cn3cc(Cl)cn3)C2)CCC1=O. The maximum Gasteiger partial charge on any atom is 0.244 e. The van der Waals surface area contributed by atoms with Crippen LogP contribution in [0.2, 0.25) is 5.02 Å². The van der Waals surface area contributed by atoms with Crippen LogP contribution in [0, 0.1) is 5.41 Å². The third-order valence-electron chi connectivity index (χ3n) is 5.44. The molecule has 3 heterocycles. The molecule has 2 fully saturated rings. The average Bonchev–Trinajstić information content (AvgIpc) is 3.01. The number of piperidine rings is 2. The van der Waals surface area contributed by atoms with Gasteiger partial charge in [0.15, 0.2) is 0 Å². The highest BCUT2D eigenvalue weighted by Gasteiger charge is 2.42. The predicted octanol–water partition coefficient (Wildman–Crippen LogP) is 2.57. The van der Waals surface area contributed by atoms with E-state index in [2.05, 4.69) is 12.0 Å². The molecule has 7 heteroatoms. The summed E-state index contributed by atoms with van der Waals surface area (Å²) < 4.78 is 1.59. The maximum atomic E-state index is 12.7. The Labute approximate surface area is 154 Å². The predicted molar refractivity (Wildman–Crippen MR) is 96.2 cm³/mol. The second-order valence-corrected chi connectivity index (χ2v) is 7.88. The Morgan fingerprint density at radius 3 is 2.92 bits per heavy atom. The number of unbranched alkanes of at least 4 members (excludes halogenated alkanes) is 1. The van der Waals surface area contributed by atoms with Gasteiger partial charge in [-0.2, -0.15) is 5.10 Å². The van der Waals surface area contributed by atoms with Crippen LogP contribution in [0.5, 0.6) is 0 Å². The number of rotatable bonds is 5. The maximum absolute atomic E-state index is 12.7. The fourth-order valence-electron chi connectivity index (χ4n) is 4.07. The van der Waals surface area contributed by atoms with Gasteiger partial charge in [-0.3, -0.25) is 14.3 Å². The molecule has 0 aromatic carbocycles. The molecule has 0 radical (unpaired) electrons. The van der Waals surface area contributed by atoms with Gasteiger partial charge in [0, 0.05) is 44.2 Å². The minimum Gasteiger partial charge on any atom is -0.342 e. The van der Waals surface area contributed by atoms with Gasteiger partial charge in [0.2, 0.25) is 11.8 Å².